The number of carboxylic acids is 1. The molecule has 0 amide bonds. The molecule has 1 atom stereocenters. The molecule has 0 aliphatic rings. The van der Waals surface area contributed by atoms with Crippen LogP contribution in [0.3, 0.4) is 0 Å². The van der Waals surface area contributed by atoms with E-state index in [0.717, 1.165) is 0 Å². The molecule has 0 saturated heterocycles. The monoisotopic (exact) mass is 311 g/mol. The summed E-state index contributed by atoms with van der Waals surface area (Å²) >= 11 is 1.74. The summed E-state index contributed by atoms with van der Waals surface area (Å²) < 4.78 is 4.62. The van der Waals surface area contributed by atoms with Crippen LogP contribution in [0.2, 0.25) is 0 Å². The Hall–Kier alpha value is -0.680. The minimum Gasteiger partial charge on any atom is -0.479 e. The summed E-state index contributed by atoms with van der Waals surface area (Å²) in [6, 6.07) is 0. The van der Waals surface area contributed by atoms with Crippen LogP contribution in [0, 0.1) is 0 Å². The van der Waals surface area contributed by atoms with E-state index in [4.69, 9.17) is 9.84 Å². The van der Waals surface area contributed by atoms with Crippen molar-refractivity contribution in [1.29, 1.82) is 0 Å². The van der Waals surface area contributed by atoms with E-state index in [1.54, 1.807) is 22.6 Å². The van der Waals surface area contributed by atoms with Crippen molar-refractivity contribution in [2.75, 3.05) is 0 Å². The first kappa shape index (κ1) is 13.3. The quantitative estimate of drug-likeness (QED) is 0.274. The maximum Gasteiger partial charge on any atom is 0.336 e. The summed E-state index contributed by atoms with van der Waals surface area (Å²) in [5, 5.41) is 11.3. The van der Waals surface area contributed by atoms with Crippen LogP contribution in [-0.4, -0.2) is 20.7 Å². The van der Waals surface area contributed by atoms with E-state index in [-0.39, 0.29) is 5.88 Å². The third kappa shape index (κ3) is 5.88. The van der Waals surface area contributed by atoms with Crippen molar-refractivity contribution in [2.24, 2.45) is 0 Å². The van der Waals surface area contributed by atoms with E-state index in [2.05, 4.69) is 17.6 Å². The van der Waals surface area contributed by atoms with E-state index < -0.39 is 15.6 Å². The highest BCUT2D eigenvalue weighted by Crippen LogP contribution is 2.12. The highest BCUT2D eigenvalue weighted by atomic mass is 127. The highest BCUT2D eigenvalue weighted by molar-refractivity contribution is 14.1. The molecule has 0 saturated carbocycles. The smallest absolute Gasteiger partial charge is 0.336 e. The Kier molecular flexibility index (Phi) is 5.01. The zero-order valence-electron chi connectivity index (χ0n) is 8.43. The Labute approximate surface area is 97.2 Å². The lowest BCUT2D eigenvalue weighted by Crippen LogP contribution is -2.34. The third-order valence-electron chi connectivity index (χ3n) is 1.04. The number of hydrogen-bond donors (Lipinski definition) is 2. The second-order valence-corrected chi connectivity index (χ2v) is 4.81. The summed E-state index contributed by atoms with van der Waals surface area (Å²) in [4.78, 5) is 10.5. The molecular weight excluding hydrogens is 297 g/mol. The molecule has 0 radical (unpaired) electrons. The van der Waals surface area contributed by atoms with Crippen LogP contribution in [0.25, 0.3) is 0 Å². The first-order valence-corrected chi connectivity index (χ1v) is 5.23. The van der Waals surface area contributed by atoms with Crippen LogP contribution in [0.1, 0.15) is 20.8 Å². The molecular formula is C9H14INO3. The number of halogens is 1. The van der Waals surface area contributed by atoms with Gasteiger partial charge in [-0.3, -0.25) is 0 Å². The molecule has 0 spiro atoms. The van der Waals surface area contributed by atoms with Crippen molar-refractivity contribution in [3.63, 3.8) is 0 Å². The molecule has 1 unspecified atom stereocenters. The zero-order chi connectivity index (χ0) is 11.4. The number of alkyl halides is 1. The van der Waals surface area contributed by atoms with Gasteiger partial charge in [-0.25, -0.2) is 4.79 Å². The van der Waals surface area contributed by atoms with Gasteiger partial charge in [0, 0.05) is 0 Å². The Balaban J connectivity index is 4.34. The molecule has 0 aromatic heterocycles. The van der Waals surface area contributed by atoms with Crippen LogP contribution < -0.4 is 5.32 Å². The summed E-state index contributed by atoms with van der Waals surface area (Å²) in [5.74, 6) is -0.713. The molecule has 0 aromatic rings. The second kappa shape index (κ2) is 5.26. The fourth-order valence-corrected chi connectivity index (χ4v) is 0.882. The Morgan fingerprint density at radius 2 is 2.14 bits per heavy atom. The van der Waals surface area contributed by atoms with Crippen LogP contribution in [0.5, 0.6) is 0 Å². The largest absolute Gasteiger partial charge is 0.479 e. The topological polar surface area (TPSA) is 58.6 Å². The van der Waals surface area contributed by atoms with Crippen LogP contribution in [0.15, 0.2) is 18.2 Å². The number of carbonyl (C=O) groups is 1. The number of rotatable bonds is 4. The van der Waals surface area contributed by atoms with Gasteiger partial charge in [-0.15, -0.1) is 0 Å². The Morgan fingerprint density at radius 1 is 1.64 bits per heavy atom. The van der Waals surface area contributed by atoms with E-state index in [1.807, 2.05) is 20.8 Å². The number of ether oxygens (including phenoxy) is 1. The van der Waals surface area contributed by atoms with Gasteiger partial charge in [0.15, 0.2) is 4.05 Å². The van der Waals surface area contributed by atoms with Gasteiger partial charge in [-0.05, 0) is 43.4 Å². The fourth-order valence-electron chi connectivity index (χ4n) is 0.600. The van der Waals surface area contributed by atoms with Crippen molar-refractivity contribution in [1.82, 2.24) is 5.32 Å². The minimum absolute atomic E-state index is 0.249. The molecule has 0 fully saturated rings. The predicted molar refractivity (Wildman–Crippen MR) is 62.1 cm³/mol. The molecule has 80 valence electrons. The number of aliphatic carboxylic acids is 1. The predicted octanol–water partition coefficient (Wildman–Crippen LogP) is 1.86. The van der Waals surface area contributed by atoms with Gasteiger partial charge in [0.25, 0.3) is 0 Å². The van der Waals surface area contributed by atoms with Crippen molar-refractivity contribution in [3.8, 4) is 0 Å². The molecule has 0 bridgehead atoms. The van der Waals surface area contributed by atoms with Crippen molar-refractivity contribution < 1.29 is 14.6 Å². The molecule has 0 heterocycles. The van der Waals surface area contributed by atoms with Gasteiger partial charge in [0.05, 0.1) is 0 Å². The van der Waals surface area contributed by atoms with Crippen LogP contribution in [0.4, 0.5) is 0 Å². The number of carboxylic acid groups (broad SMARTS) is 1. The average Bonchev–Trinajstić information content (AvgIpc) is 2.00. The van der Waals surface area contributed by atoms with E-state index in [1.165, 1.54) is 0 Å². The maximum absolute atomic E-state index is 10.5. The average molecular weight is 311 g/mol. The molecule has 4 nitrogen and oxygen atoms in total. The molecule has 0 aliphatic carbocycles. The molecule has 0 rings (SSSR count). The summed E-state index contributed by atoms with van der Waals surface area (Å²) in [6.45, 7) is 8.98. The first-order chi connectivity index (χ1) is 6.26. The van der Waals surface area contributed by atoms with E-state index in [9.17, 15) is 4.79 Å². The number of nitrogens with one attached hydrogen (secondary N) is 1. The fraction of sp³-hybridized carbons (Fsp3) is 0.556. The summed E-state index contributed by atoms with van der Waals surface area (Å²) in [5.41, 5.74) is 2.11. The Bertz CT molecular complexity index is 264. The van der Waals surface area contributed by atoms with Crippen molar-refractivity contribution in [2.45, 2.75) is 30.4 Å². The third-order valence-corrected chi connectivity index (χ3v) is 1.89. The van der Waals surface area contributed by atoms with E-state index >= 15 is 0 Å². The lowest BCUT2D eigenvalue weighted by Gasteiger charge is -2.23. The molecule has 5 heteroatoms. The Morgan fingerprint density at radius 3 is 2.43 bits per heavy atom. The highest BCUT2D eigenvalue weighted by Gasteiger charge is 2.18. The lowest BCUT2D eigenvalue weighted by molar-refractivity contribution is -0.136. The number of hydrogen-bond acceptors (Lipinski definition) is 3. The summed E-state index contributed by atoms with van der Waals surface area (Å²) in [7, 11) is 0. The first-order valence-electron chi connectivity index (χ1n) is 3.99. The molecule has 2 N–H and O–H groups in total. The van der Waals surface area contributed by atoms with Crippen molar-refractivity contribution >= 4 is 28.6 Å². The zero-order valence-corrected chi connectivity index (χ0v) is 10.6. The van der Waals surface area contributed by atoms with Gasteiger partial charge in [0.2, 0.25) is 5.88 Å². The molecule has 14 heavy (non-hydrogen) atoms. The standard InChI is InChI=1S/C9H14INO3/c1-5-6(14-9(2,3)4)11-7(10)8(12)13/h7,11H,1H2,2-4H3,(H,12,13). The normalized spacial score (nSPS) is 12.6. The van der Waals surface area contributed by atoms with Gasteiger partial charge in [-0.1, -0.05) is 12.3 Å². The van der Waals surface area contributed by atoms with Crippen molar-refractivity contribution in [3.05, 3.63) is 18.2 Å². The van der Waals surface area contributed by atoms with Gasteiger partial charge in [0.1, 0.15) is 5.60 Å². The van der Waals surface area contributed by atoms with Gasteiger partial charge >= 0.3 is 5.97 Å². The van der Waals surface area contributed by atoms with Gasteiger partial charge < -0.3 is 15.2 Å². The van der Waals surface area contributed by atoms with Crippen LogP contribution in [-0.2, 0) is 9.53 Å². The summed E-state index contributed by atoms with van der Waals surface area (Å²) in [6.07, 6.45) is 0. The second-order valence-electron chi connectivity index (χ2n) is 3.57. The van der Waals surface area contributed by atoms with E-state index in [0.29, 0.717) is 0 Å². The lowest BCUT2D eigenvalue weighted by atomic mass is 10.2. The van der Waals surface area contributed by atoms with Crippen LogP contribution >= 0.6 is 22.6 Å². The minimum atomic E-state index is -0.962. The van der Waals surface area contributed by atoms with Gasteiger partial charge in [-0.2, -0.15) is 0 Å². The SMILES string of the molecule is C=C=C(NC(I)C(=O)O)OC(C)(C)C. The maximum atomic E-state index is 10.5. The molecule has 0 aromatic carbocycles. The molecule has 0 aliphatic heterocycles.